The summed E-state index contributed by atoms with van der Waals surface area (Å²) >= 11 is 9.19. The summed E-state index contributed by atoms with van der Waals surface area (Å²) in [6.07, 6.45) is -4.48. The highest BCUT2D eigenvalue weighted by Gasteiger charge is 2.31. The van der Waals surface area contributed by atoms with Crippen molar-refractivity contribution >= 4 is 78.2 Å². The van der Waals surface area contributed by atoms with Gasteiger partial charge in [-0.3, -0.25) is 0 Å². The number of nitrogen functional groups attached to an aromatic ring is 1. The Bertz CT molecular complexity index is 2850. The molecule has 0 unspecified atom stereocenters. The molecular formula is C47H37BrClF3N6O4. The minimum atomic E-state index is -4.48. The van der Waals surface area contributed by atoms with Crippen molar-refractivity contribution < 1.29 is 32.2 Å². The highest BCUT2D eigenvalue weighted by atomic mass is 79.9. The maximum absolute atomic E-state index is 13.2. The van der Waals surface area contributed by atoms with Crippen molar-refractivity contribution in [3.8, 4) is 22.5 Å². The fourth-order valence-electron chi connectivity index (χ4n) is 6.43. The number of benzene rings is 6. The number of hydrogen-bond acceptors (Lipinski definition) is 10. The van der Waals surface area contributed by atoms with Gasteiger partial charge in [-0.2, -0.15) is 13.2 Å². The zero-order valence-corrected chi connectivity index (χ0v) is 35.9. The van der Waals surface area contributed by atoms with E-state index < -0.39 is 17.7 Å². The molecule has 2 aromatic heterocycles. The summed E-state index contributed by atoms with van der Waals surface area (Å²) in [7, 11) is 2.66. The summed E-state index contributed by atoms with van der Waals surface area (Å²) < 4.78 is 49.2. The van der Waals surface area contributed by atoms with Gasteiger partial charge in [-0.05, 0) is 79.6 Å². The Hall–Kier alpha value is -6.90. The van der Waals surface area contributed by atoms with E-state index in [2.05, 4.69) is 52.4 Å². The quantitative estimate of drug-likeness (QED) is 0.122. The van der Waals surface area contributed by atoms with Crippen molar-refractivity contribution in [2.75, 3.05) is 25.3 Å². The molecule has 8 aromatic rings. The summed E-state index contributed by atoms with van der Waals surface area (Å²) in [5.41, 5.74) is 12.1. The number of hydrogen-bond donors (Lipinski definition) is 2. The molecule has 0 amide bonds. The normalized spacial score (nSPS) is 10.9. The predicted octanol–water partition coefficient (Wildman–Crippen LogP) is 12.2. The van der Waals surface area contributed by atoms with Gasteiger partial charge in [0.2, 0.25) is 0 Å². The molecule has 0 bridgehead atoms. The van der Waals surface area contributed by atoms with Gasteiger partial charge in [0.05, 0.1) is 30.9 Å². The third-order valence-electron chi connectivity index (χ3n) is 9.22. The molecule has 62 heavy (non-hydrogen) atoms. The predicted molar refractivity (Wildman–Crippen MR) is 240 cm³/mol. The van der Waals surface area contributed by atoms with E-state index >= 15 is 0 Å². The molecule has 0 saturated heterocycles. The Morgan fingerprint density at radius 3 is 1.58 bits per heavy atom. The molecule has 15 heteroatoms. The first-order valence-electron chi connectivity index (χ1n) is 18.7. The van der Waals surface area contributed by atoms with Gasteiger partial charge in [0, 0.05) is 48.5 Å². The van der Waals surface area contributed by atoms with E-state index in [0.29, 0.717) is 33.2 Å². The van der Waals surface area contributed by atoms with Crippen LogP contribution >= 0.6 is 27.5 Å². The van der Waals surface area contributed by atoms with Crippen LogP contribution in [0.25, 0.3) is 44.1 Å². The van der Waals surface area contributed by atoms with Crippen LogP contribution in [-0.4, -0.2) is 46.6 Å². The summed E-state index contributed by atoms with van der Waals surface area (Å²) in [6, 6.07) is 38.3. The topological polar surface area (TPSA) is 142 Å². The molecule has 314 valence electrons. The first-order valence-corrected chi connectivity index (χ1v) is 19.8. The lowest BCUT2D eigenvalue weighted by molar-refractivity contribution is -0.137. The van der Waals surface area contributed by atoms with Gasteiger partial charge in [0.25, 0.3) is 0 Å². The molecule has 6 aromatic carbocycles. The Morgan fingerprint density at radius 1 is 0.629 bits per heavy atom. The van der Waals surface area contributed by atoms with E-state index in [-0.39, 0.29) is 16.1 Å². The lowest BCUT2D eigenvalue weighted by Crippen LogP contribution is -2.06. The van der Waals surface area contributed by atoms with E-state index in [1.165, 1.54) is 31.4 Å². The van der Waals surface area contributed by atoms with Gasteiger partial charge in [0.1, 0.15) is 11.4 Å². The number of ether oxygens (including phenoxy) is 2. The molecule has 0 fully saturated rings. The zero-order valence-electron chi connectivity index (χ0n) is 33.6. The lowest BCUT2D eigenvalue weighted by Gasteiger charge is -2.14. The van der Waals surface area contributed by atoms with Crippen molar-refractivity contribution in [1.82, 2.24) is 20.4 Å². The Labute approximate surface area is 368 Å². The van der Waals surface area contributed by atoms with Crippen LogP contribution in [-0.2, 0) is 15.7 Å². The van der Waals surface area contributed by atoms with Crippen molar-refractivity contribution in [3.63, 3.8) is 0 Å². The number of halogens is 5. The number of nitrogens with one attached hydrogen (secondary N) is 1. The zero-order chi connectivity index (χ0) is 44.6. The number of fused-ring (bicyclic) bond motifs is 2. The van der Waals surface area contributed by atoms with Gasteiger partial charge in [0.15, 0.2) is 11.0 Å². The summed E-state index contributed by atoms with van der Waals surface area (Å²) in [4.78, 5) is 23.1. The Morgan fingerprint density at radius 2 is 1.10 bits per heavy atom. The molecule has 8 rings (SSSR count). The average molecular weight is 922 g/mol. The monoisotopic (exact) mass is 920 g/mol. The SMILES string of the molecule is COC(=O)c1ccc(-c2nnc(Cl)c3ccccc23)cc1.COC(=O)c1ccc(-c2nnc(Nc3cc(Br)cc(C(F)(F)F)c3)c3ccccc23)cc1.Cc1cc(C)cc(N)c1. The molecule has 0 spiro atoms. The fraction of sp³-hybridized carbons (Fsp3) is 0.106. The molecule has 0 atom stereocenters. The number of nitrogens with two attached hydrogens (primary N) is 1. The fourth-order valence-corrected chi connectivity index (χ4v) is 7.13. The van der Waals surface area contributed by atoms with Crippen molar-refractivity contribution in [2.24, 2.45) is 0 Å². The van der Waals surface area contributed by atoms with Crippen LogP contribution in [0.2, 0.25) is 5.15 Å². The molecule has 3 N–H and O–H groups in total. The average Bonchev–Trinajstić information content (AvgIpc) is 3.26. The van der Waals surface area contributed by atoms with Crippen LogP contribution in [0, 0.1) is 13.8 Å². The van der Waals surface area contributed by atoms with Crippen molar-refractivity contribution in [1.29, 1.82) is 0 Å². The first kappa shape index (κ1) is 44.6. The summed E-state index contributed by atoms with van der Waals surface area (Å²) in [6.45, 7) is 4.09. The van der Waals surface area contributed by atoms with Crippen molar-refractivity contribution in [3.05, 3.63) is 171 Å². The number of esters is 2. The van der Waals surface area contributed by atoms with Crippen LogP contribution in [0.1, 0.15) is 37.4 Å². The van der Waals surface area contributed by atoms with Gasteiger partial charge in [-0.25, -0.2) is 9.59 Å². The number of anilines is 3. The molecule has 0 aliphatic heterocycles. The molecule has 0 saturated carbocycles. The van der Waals surface area contributed by atoms with E-state index in [9.17, 15) is 22.8 Å². The van der Waals surface area contributed by atoms with Crippen molar-refractivity contribution in [2.45, 2.75) is 20.0 Å². The highest BCUT2D eigenvalue weighted by molar-refractivity contribution is 9.10. The van der Waals surface area contributed by atoms with E-state index in [1.54, 1.807) is 48.5 Å². The maximum Gasteiger partial charge on any atom is 0.416 e. The van der Waals surface area contributed by atoms with Gasteiger partial charge in [-0.15, -0.1) is 20.4 Å². The number of carbonyl (C=O) groups is 2. The van der Waals surface area contributed by atoms with Gasteiger partial charge >= 0.3 is 18.1 Å². The van der Waals surface area contributed by atoms with Crippen LogP contribution in [0.5, 0.6) is 0 Å². The molecule has 0 radical (unpaired) electrons. The second kappa shape index (κ2) is 19.7. The van der Waals surface area contributed by atoms with Crippen LogP contribution < -0.4 is 11.1 Å². The number of aryl methyl sites for hydroxylation is 2. The van der Waals surface area contributed by atoms with Crippen LogP contribution in [0.3, 0.4) is 0 Å². The maximum atomic E-state index is 13.2. The third-order valence-corrected chi connectivity index (χ3v) is 9.96. The van der Waals surface area contributed by atoms with Crippen LogP contribution in [0.4, 0.5) is 30.4 Å². The minimum absolute atomic E-state index is 0.223. The second-order valence-electron chi connectivity index (χ2n) is 13.7. The molecule has 10 nitrogen and oxygen atoms in total. The van der Waals surface area contributed by atoms with E-state index in [0.717, 1.165) is 50.8 Å². The van der Waals surface area contributed by atoms with E-state index in [4.69, 9.17) is 22.1 Å². The van der Waals surface area contributed by atoms with E-state index in [1.807, 2.05) is 74.5 Å². The number of rotatable bonds is 6. The molecule has 2 heterocycles. The smallest absolute Gasteiger partial charge is 0.416 e. The van der Waals surface area contributed by atoms with Gasteiger partial charge < -0.3 is 20.5 Å². The Kier molecular flexibility index (Phi) is 14.2. The standard InChI is InChI=1S/C23H15BrF3N3O2.C16H11ClN2O2.C8H11N/c1-32-22(31)14-8-6-13(7-9-14)20-18-4-2-3-5-19(18)21(30-29-20)28-17-11-15(23(25,26)27)10-16(24)12-17;1-21-16(20)11-8-6-10(7-9-11)14-12-4-2-3-5-13(12)15(17)19-18-14;1-6-3-7(2)5-8(9)4-6/h2-12H,1H3,(H,28,30);2-9H,1H3;3-5H,9H2,1-2H3. The number of methoxy groups -OCH3 is 2. The number of aromatic nitrogens is 4. The summed E-state index contributed by atoms with van der Waals surface area (Å²) in [5, 5.41) is 23.2. The third kappa shape index (κ3) is 10.9. The summed E-state index contributed by atoms with van der Waals surface area (Å²) in [5.74, 6) is -0.491. The second-order valence-corrected chi connectivity index (χ2v) is 15.0. The molecular weight excluding hydrogens is 885 g/mol. The molecule has 0 aliphatic carbocycles. The van der Waals surface area contributed by atoms with Crippen LogP contribution in [0.15, 0.2) is 138 Å². The molecule has 0 aliphatic rings. The Balaban J connectivity index is 0.000000182. The minimum Gasteiger partial charge on any atom is -0.465 e. The lowest BCUT2D eigenvalue weighted by atomic mass is 10.0. The number of carbonyl (C=O) groups excluding carboxylic acids is 2. The first-order chi connectivity index (χ1) is 29.6. The largest absolute Gasteiger partial charge is 0.465 e. The number of alkyl halides is 3. The number of nitrogens with zero attached hydrogens (tertiary/aromatic N) is 4. The van der Waals surface area contributed by atoms with Gasteiger partial charge in [-0.1, -0.05) is 106 Å². The highest BCUT2D eigenvalue weighted by Crippen LogP contribution is 2.36.